The van der Waals surface area contributed by atoms with Crippen LogP contribution in [0.3, 0.4) is 0 Å². The number of nitrogens with zero attached hydrogens (tertiary/aromatic N) is 2. The Balaban J connectivity index is 0.00000112. The van der Waals surface area contributed by atoms with E-state index in [0.717, 1.165) is 10.9 Å². The molecule has 4 nitrogen and oxygen atoms in total. The minimum absolute atomic E-state index is 0. The van der Waals surface area contributed by atoms with E-state index in [1.54, 1.807) is 30.6 Å². The van der Waals surface area contributed by atoms with Crippen molar-refractivity contribution in [2.75, 3.05) is 0 Å². The summed E-state index contributed by atoms with van der Waals surface area (Å²) in [4.78, 5) is 18.5. The summed E-state index contributed by atoms with van der Waals surface area (Å²) in [6, 6.07) is 5.30. The molecule has 70 valence electrons. The molecule has 2 heterocycles. The summed E-state index contributed by atoms with van der Waals surface area (Å²) in [6.07, 6.45) is 3.03. The second kappa shape index (κ2) is 5.21. The third-order valence-electron chi connectivity index (χ3n) is 1.92. The van der Waals surface area contributed by atoms with Crippen LogP contribution in [-0.2, 0) is 11.2 Å². The standard InChI is InChI=1S/C10H8N2O2.Na/c13-10(14)6-9-7-2-1-4-11-8(7)3-5-12-9;/h1-5H,6H2,(H,13,14);/q;+1/p-1. The number of aromatic nitrogens is 2. The van der Waals surface area contributed by atoms with Gasteiger partial charge >= 0.3 is 29.6 Å². The van der Waals surface area contributed by atoms with Crippen LogP contribution in [0.5, 0.6) is 0 Å². The van der Waals surface area contributed by atoms with Gasteiger partial charge in [-0.15, -0.1) is 0 Å². The van der Waals surface area contributed by atoms with Gasteiger partial charge in [0.25, 0.3) is 0 Å². The zero-order valence-corrected chi connectivity index (χ0v) is 10.3. The van der Waals surface area contributed by atoms with Crippen LogP contribution in [0, 0.1) is 0 Å². The van der Waals surface area contributed by atoms with Gasteiger partial charge < -0.3 is 9.90 Å². The van der Waals surface area contributed by atoms with Crippen LogP contribution in [0.2, 0.25) is 0 Å². The number of hydrogen-bond acceptors (Lipinski definition) is 4. The Kier molecular flexibility index (Phi) is 4.20. The molecular formula is C10H7N2NaO2. The van der Waals surface area contributed by atoms with E-state index >= 15 is 0 Å². The van der Waals surface area contributed by atoms with Gasteiger partial charge in [0.2, 0.25) is 0 Å². The average Bonchev–Trinajstić information content (AvgIpc) is 2.18. The Labute approximate surface area is 109 Å². The second-order valence-corrected chi connectivity index (χ2v) is 2.88. The minimum Gasteiger partial charge on any atom is -0.550 e. The molecule has 0 aliphatic carbocycles. The maximum atomic E-state index is 10.4. The molecule has 0 aliphatic heterocycles. The van der Waals surface area contributed by atoms with Crippen molar-refractivity contribution in [1.82, 2.24) is 9.97 Å². The second-order valence-electron chi connectivity index (χ2n) is 2.88. The van der Waals surface area contributed by atoms with E-state index in [2.05, 4.69) is 9.97 Å². The number of hydrogen-bond donors (Lipinski definition) is 0. The maximum Gasteiger partial charge on any atom is 1.00 e. The fraction of sp³-hybridized carbons (Fsp3) is 0.100. The Morgan fingerprint density at radius 1 is 1.27 bits per heavy atom. The molecule has 0 spiro atoms. The quantitative estimate of drug-likeness (QED) is 0.493. The first-order chi connectivity index (χ1) is 6.77. The first-order valence-corrected chi connectivity index (χ1v) is 4.16. The van der Waals surface area contributed by atoms with Crippen molar-refractivity contribution >= 4 is 16.9 Å². The van der Waals surface area contributed by atoms with Crippen LogP contribution in [-0.4, -0.2) is 15.9 Å². The maximum absolute atomic E-state index is 10.4. The van der Waals surface area contributed by atoms with E-state index < -0.39 is 5.97 Å². The van der Waals surface area contributed by atoms with Crippen molar-refractivity contribution < 1.29 is 39.5 Å². The minimum atomic E-state index is -1.13. The van der Waals surface area contributed by atoms with E-state index in [-0.39, 0.29) is 36.0 Å². The van der Waals surface area contributed by atoms with Crippen molar-refractivity contribution in [3.05, 3.63) is 36.3 Å². The first-order valence-electron chi connectivity index (χ1n) is 4.16. The van der Waals surface area contributed by atoms with Crippen LogP contribution >= 0.6 is 0 Å². The number of rotatable bonds is 2. The molecule has 0 atom stereocenters. The van der Waals surface area contributed by atoms with E-state index in [4.69, 9.17) is 0 Å². The smallest absolute Gasteiger partial charge is 0.550 e. The summed E-state index contributed by atoms with van der Waals surface area (Å²) in [5, 5.41) is 11.2. The molecule has 0 N–H and O–H groups in total. The molecular weight excluding hydrogens is 203 g/mol. The van der Waals surface area contributed by atoms with Crippen LogP contribution in [0.15, 0.2) is 30.6 Å². The Bertz CT molecular complexity index is 482. The number of fused-ring (bicyclic) bond motifs is 1. The van der Waals surface area contributed by atoms with Crippen LogP contribution in [0.4, 0.5) is 0 Å². The third-order valence-corrected chi connectivity index (χ3v) is 1.92. The van der Waals surface area contributed by atoms with Crippen LogP contribution < -0.4 is 34.7 Å². The van der Waals surface area contributed by atoms with E-state index in [1.807, 2.05) is 0 Å². The molecule has 0 saturated carbocycles. The summed E-state index contributed by atoms with van der Waals surface area (Å²) in [5.74, 6) is -1.13. The molecule has 0 radical (unpaired) electrons. The fourth-order valence-corrected chi connectivity index (χ4v) is 1.34. The molecule has 0 aromatic carbocycles. The molecule has 2 aromatic rings. The summed E-state index contributed by atoms with van der Waals surface area (Å²) in [6.45, 7) is 0. The van der Waals surface area contributed by atoms with Crippen molar-refractivity contribution in [1.29, 1.82) is 0 Å². The number of carboxylic acid groups (broad SMARTS) is 1. The predicted octanol–water partition coefficient (Wildman–Crippen LogP) is -3.07. The summed E-state index contributed by atoms with van der Waals surface area (Å²) < 4.78 is 0. The van der Waals surface area contributed by atoms with Crippen molar-refractivity contribution in [2.45, 2.75) is 6.42 Å². The van der Waals surface area contributed by atoms with E-state index in [1.165, 1.54) is 0 Å². The van der Waals surface area contributed by atoms with Crippen molar-refractivity contribution in [3.8, 4) is 0 Å². The Hall–Kier alpha value is -0.970. The van der Waals surface area contributed by atoms with E-state index in [9.17, 15) is 9.90 Å². The molecule has 5 heteroatoms. The molecule has 2 rings (SSSR count). The van der Waals surface area contributed by atoms with Crippen molar-refractivity contribution in [3.63, 3.8) is 0 Å². The number of carbonyl (C=O) groups is 1. The SMILES string of the molecule is O=C([O-])Cc1nccc2ncccc12.[Na+]. The number of aliphatic carboxylic acids is 1. The molecule has 0 amide bonds. The van der Waals surface area contributed by atoms with E-state index in [0.29, 0.717) is 5.69 Å². The average molecular weight is 210 g/mol. The first kappa shape index (κ1) is 12.1. The largest absolute Gasteiger partial charge is 1.00 e. The molecule has 0 aliphatic rings. The van der Waals surface area contributed by atoms with Crippen LogP contribution in [0.1, 0.15) is 5.69 Å². The molecule has 0 fully saturated rings. The number of pyridine rings is 2. The molecule has 0 bridgehead atoms. The Morgan fingerprint density at radius 2 is 2.07 bits per heavy atom. The number of carboxylic acids is 1. The molecule has 2 aromatic heterocycles. The molecule has 0 unspecified atom stereocenters. The van der Waals surface area contributed by atoms with Gasteiger partial charge in [0.15, 0.2) is 0 Å². The van der Waals surface area contributed by atoms with Gasteiger partial charge in [0, 0.05) is 30.2 Å². The number of carbonyl (C=O) groups excluding carboxylic acids is 1. The molecule has 0 saturated heterocycles. The molecule has 15 heavy (non-hydrogen) atoms. The van der Waals surface area contributed by atoms with Gasteiger partial charge in [-0.3, -0.25) is 9.97 Å². The monoisotopic (exact) mass is 210 g/mol. The third kappa shape index (κ3) is 2.75. The Morgan fingerprint density at radius 3 is 2.80 bits per heavy atom. The van der Waals surface area contributed by atoms with Gasteiger partial charge in [-0.25, -0.2) is 0 Å². The van der Waals surface area contributed by atoms with Gasteiger partial charge in [0.05, 0.1) is 11.2 Å². The predicted molar refractivity (Wildman–Crippen MR) is 48.2 cm³/mol. The zero-order chi connectivity index (χ0) is 9.97. The van der Waals surface area contributed by atoms with Gasteiger partial charge in [-0.1, -0.05) is 0 Å². The summed E-state index contributed by atoms with van der Waals surface area (Å²) >= 11 is 0. The van der Waals surface area contributed by atoms with Gasteiger partial charge in [0.1, 0.15) is 0 Å². The van der Waals surface area contributed by atoms with Gasteiger partial charge in [-0.05, 0) is 18.2 Å². The topological polar surface area (TPSA) is 65.9 Å². The summed E-state index contributed by atoms with van der Waals surface area (Å²) in [5.41, 5.74) is 1.24. The zero-order valence-electron chi connectivity index (χ0n) is 8.30. The van der Waals surface area contributed by atoms with Gasteiger partial charge in [-0.2, -0.15) is 0 Å². The summed E-state index contributed by atoms with van der Waals surface area (Å²) in [7, 11) is 0. The van der Waals surface area contributed by atoms with Crippen LogP contribution in [0.25, 0.3) is 10.9 Å². The fourth-order valence-electron chi connectivity index (χ4n) is 1.34. The van der Waals surface area contributed by atoms with Crippen molar-refractivity contribution in [2.24, 2.45) is 0 Å². The normalized spacial score (nSPS) is 9.60.